The summed E-state index contributed by atoms with van der Waals surface area (Å²) < 4.78 is 11.5. The van der Waals surface area contributed by atoms with Crippen LogP contribution in [0.2, 0.25) is 0 Å². The minimum Gasteiger partial charge on any atom is -0.492 e. The van der Waals surface area contributed by atoms with Gasteiger partial charge in [-0.15, -0.1) is 0 Å². The number of hydrogen-bond acceptors (Lipinski definition) is 3. The Kier molecular flexibility index (Phi) is 6.32. The van der Waals surface area contributed by atoms with Gasteiger partial charge in [-0.3, -0.25) is 0 Å². The van der Waals surface area contributed by atoms with Crippen molar-refractivity contribution in [1.29, 1.82) is 0 Å². The van der Waals surface area contributed by atoms with E-state index in [1.807, 2.05) is 13.0 Å². The molecule has 0 fully saturated rings. The van der Waals surface area contributed by atoms with Crippen molar-refractivity contribution in [2.75, 3.05) is 13.2 Å². The standard InChI is InChI=1S/C13H17IO3/c1-3-7-16-12-6-5-10(9-11(12)14)13(15)17-8-4-2/h5-6,9H,3-4,7-8H2,1-2H3. The zero-order valence-electron chi connectivity index (χ0n) is 10.2. The van der Waals surface area contributed by atoms with Crippen LogP contribution < -0.4 is 4.74 Å². The first-order chi connectivity index (χ1) is 8.19. The van der Waals surface area contributed by atoms with Crippen LogP contribution in [0.3, 0.4) is 0 Å². The van der Waals surface area contributed by atoms with Crippen LogP contribution >= 0.6 is 22.6 Å². The molecule has 0 saturated carbocycles. The summed E-state index contributed by atoms with van der Waals surface area (Å²) in [6.07, 6.45) is 1.80. The average Bonchev–Trinajstić information content (AvgIpc) is 2.34. The van der Waals surface area contributed by atoms with E-state index < -0.39 is 0 Å². The van der Waals surface area contributed by atoms with Crippen LogP contribution in [0.4, 0.5) is 0 Å². The molecule has 0 heterocycles. The number of ether oxygens (including phenoxy) is 2. The highest BCUT2D eigenvalue weighted by Crippen LogP contribution is 2.22. The summed E-state index contributed by atoms with van der Waals surface area (Å²) in [6.45, 7) is 5.18. The van der Waals surface area contributed by atoms with Gasteiger partial charge in [0.25, 0.3) is 0 Å². The predicted molar refractivity (Wildman–Crippen MR) is 75.5 cm³/mol. The van der Waals surface area contributed by atoms with Crippen LogP contribution in [0, 0.1) is 3.57 Å². The summed E-state index contributed by atoms with van der Waals surface area (Å²) in [6, 6.07) is 5.36. The van der Waals surface area contributed by atoms with Crippen molar-refractivity contribution in [2.24, 2.45) is 0 Å². The SMILES string of the molecule is CCCOC(=O)c1ccc(OCCC)c(I)c1. The molecule has 0 atom stereocenters. The van der Waals surface area contributed by atoms with Crippen LogP contribution in [0.1, 0.15) is 37.0 Å². The van der Waals surface area contributed by atoms with Crippen LogP contribution in [0.25, 0.3) is 0 Å². The molecular weight excluding hydrogens is 331 g/mol. The summed E-state index contributed by atoms with van der Waals surface area (Å²) in [5.74, 6) is 0.547. The highest BCUT2D eigenvalue weighted by Gasteiger charge is 2.09. The van der Waals surface area contributed by atoms with Gasteiger partial charge >= 0.3 is 5.97 Å². The lowest BCUT2D eigenvalue weighted by molar-refractivity contribution is 0.0505. The van der Waals surface area contributed by atoms with Crippen molar-refractivity contribution >= 4 is 28.6 Å². The van der Waals surface area contributed by atoms with E-state index in [1.165, 1.54) is 0 Å². The number of carbonyl (C=O) groups excluding carboxylic acids is 1. The fourth-order valence-corrected chi connectivity index (χ4v) is 1.91. The fraction of sp³-hybridized carbons (Fsp3) is 0.462. The molecule has 0 amide bonds. The van der Waals surface area contributed by atoms with E-state index in [0.717, 1.165) is 22.2 Å². The van der Waals surface area contributed by atoms with Gasteiger partial charge in [0.05, 0.1) is 22.3 Å². The minimum absolute atomic E-state index is 0.271. The summed E-state index contributed by atoms with van der Waals surface area (Å²) in [5, 5.41) is 0. The van der Waals surface area contributed by atoms with E-state index in [4.69, 9.17) is 9.47 Å². The predicted octanol–water partition coefficient (Wildman–Crippen LogP) is 3.65. The Hall–Kier alpha value is -0.780. The summed E-state index contributed by atoms with van der Waals surface area (Å²) in [4.78, 5) is 11.6. The molecule has 1 aromatic carbocycles. The third-order valence-electron chi connectivity index (χ3n) is 2.07. The van der Waals surface area contributed by atoms with Crippen molar-refractivity contribution < 1.29 is 14.3 Å². The van der Waals surface area contributed by atoms with Gasteiger partial charge in [0.1, 0.15) is 5.75 Å². The Morgan fingerprint density at radius 2 is 1.94 bits per heavy atom. The first kappa shape index (κ1) is 14.3. The Bertz CT molecular complexity index is 377. The Labute approximate surface area is 116 Å². The molecule has 0 radical (unpaired) electrons. The quantitative estimate of drug-likeness (QED) is 0.582. The van der Waals surface area contributed by atoms with Crippen LogP contribution in [0.15, 0.2) is 18.2 Å². The highest BCUT2D eigenvalue weighted by molar-refractivity contribution is 14.1. The third kappa shape index (κ3) is 4.53. The lowest BCUT2D eigenvalue weighted by atomic mass is 10.2. The zero-order valence-corrected chi connectivity index (χ0v) is 12.3. The number of carbonyl (C=O) groups is 1. The van der Waals surface area contributed by atoms with Crippen molar-refractivity contribution in [3.63, 3.8) is 0 Å². The smallest absolute Gasteiger partial charge is 0.338 e. The van der Waals surface area contributed by atoms with Gasteiger partial charge in [-0.2, -0.15) is 0 Å². The molecule has 17 heavy (non-hydrogen) atoms. The monoisotopic (exact) mass is 348 g/mol. The maximum absolute atomic E-state index is 11.6. The van der Waals surface area contributed by atoms with E-state index in [2.05, 4.69) is 29.5 Å². The zero-order chi connectivity index (χ0) is 12.7. The second-order valence-corrected chi connectivity index (χ2v) is 4.79. The second-order valence-electron chi connectivity index (χ2n) is 3.63. The normalized spacial score (nSPS) is 10.1. The summed E-state index contributed by atoms with van der Waals surface area (Å²) in [5.41, 5.74) is 0.576. The topological polar surface area (TPSA) is 35.5 Å². The molecule has 0 aliphatic rings. The van der Waals surface area contributed by atoms with Gasteiger partial charge < -0.3 is 9.47 Å². The van der Waals surface area contributed by atoms with Gasteiger partial charge in [-0.05, 0) is 53.6 Å². The van der Waals surface area contributed by atoms with Crippen LogP contribution in [-0.4, -0.2) is 19.2 Å². The van der Waals surface area contributed by atoms with Crippen molar-refractivity contribution in [3.8, 4) is 5.75 Å². The largest absolute Gasteiger partial charge is 0.492 e. The Morgan fingerprint density at radius 3 is 2.53 bits per heavy atom. The van der Waals surface area contributed by atoms with E-state index in [1.54, 1.807) is 12.1 Å². The van der Waals surface area contributed by atoms with E-state index in [9.17, 15) is 4.79 Å². The molecule has 0 saturated heterocycles. The molecule has 4 heteroatoms. The first-order valence-electron chi connectivity index (χ1n) is 5.78. The number of benzene rings is 1. The highest BCUT2D eigenvalue weighted by atomic mass is 127. The minimum atomic E-state index is -0.271. The molecule has 0 aliphatic carbocycles. The number of esters is 1. The van der Waals surface area contributed by atoms with Crippen LogP contribution in [0.5, 0.6) is 5.75 Å². The molecule has 94 valence electrons. The van der Waals surface area contributed by atoms with Gasteiger partial charge in [0.15, 0.2) is 0 Å². The average molecular weight is 348 g/mol. The molecule has 1 aromatic rings. The second kappa shape index (κ2) is 7.53. The Balaban J connectivity index is 2.70. The summed E-state index contributed by atoms with van der Waals surface area (Å²) >= 11 is 2.16. The van der Waals surface area contributed by atoms with E-state index >= 15 is 0 Å². The van der Waals surface area contributed by atoms with E-state index in [-0.39, 0.29) is 5.97 Å². The molecule has 0 unspecified atom stereocenters. The maximum atomic E-state index is 11.6. The molecule has 0 N–H and O–H groups in total. The third-order valence-corrected chi connectivity index (χ3v) is 2.91. The fourth-order valence-electron chi connectivity index (χ4n) is 1.23. The van der Waals surface area contributed by atoms with E-state index in [0.29, 0.717) is 18.8 Å². The molecule has 3 nitrogen and oxygen atoms in total. The van der Waals surface area contributed by atoms with Gasteiger partial charge in [-0.25, -0.2) is 4.79 Å². The lowest BCUT2D eigenvalue weighted by Crippen LogP contribution is -2.06. The molecular formula is C13H17IO3. The Morgan fingerprint density at radius 1 is 1.24 bits per heavy atom. The van der Waals surface area contributed by atoms with Gasteiger partial charge in [0, 0.05) is 0 Å². The molecule has 0 spiro atoms. The molecule has 0 aliphatic heterocycles. The van der Waals surface area contributed by atoms with Crippen molar-refractivity contribution in [3.05, 3.63) is 27.3 Å². The van der Waals surface area contributed by atoms with Crippen LogP contribution in [-0.2, 0) is 4.74 Å². The molecule has 1 rings (SSSR count). The number of halogens is 1. The number of hydrogen-bond donors (Lipinski definition) is 0. The van der Waals surface area contributed by atoms with Gasteiger partial charge in [0.2, 0.25) is 0 Å². The molecule has 0 aromatic heterocycles. The maximum Gasteiger partial charge on any atom is 0.338 e. The van der Waals surface area contributed by atoms with Gasteiger partial charge in [-0.1, -0.05) is 13.8 Å². The lowest BCUT2D eigenvalue weighted by Gasteiger charge is -2.08. The first-order valence-corrected chi connectivity index (χ1v) is 6.86. The summed E-state index contributed by atoms with van der Waals surface area (Å²) in [7, 11) is 0. The van der Waals surface area contributed by atoms with Crippen molar-refractivity contribution in [1.82, 2.24) is 0 Å². The molecule has 0 bridgehead atoms. The van der Waals surface area contributed by atoms with Crippen molar-refractivity contribution in [2.45, 2.75) is 26.7 Å². The number of rotatable bonds is 6.